The molecule has 9 nitrogen and oxygen atoms in total. The summed E-state index contributed by atoms with van der Waals surface area (Å²) in [5.41, 5.74) is 4.93. The minimum absolute atomic E-state index is 0.228. The number of furan rings is 1. The molecule has 0 aliphatic heterocycles. The number of hydrogen-bond acceptors (Lipinski definition) is 9. The van der Waals surface area contributed by atoms with Crippen LogP contribution in [0.1, 0.15) is 5.76 Å². The number of benzene rings is 2. The average molecular weight is 466 g/mol. The summed E-state index contributed by atoms with van der Waals surface area (Å²) in [5.74, 6) is 1.94. The number of aromatic nitrogens is 4. The van der Waals surface area contributed by atoms with Crippen molar-refractivity contribution in [2.24, 2.45) is 5.10 Å². The second-order valence-electron chi connectivity index (χ2n) is 6.52. The van der Waals surface area contributed by atoms with Crippen LogP contribution >= 0.6 is 23.2 Å². The summed E-state index contributed by atoms with van der Waals surface area (Å²) < 4.78 is 10.5. The molecule has 0 radical (unpaired) electrons. The Bertz CT molecular complexity index is 1420. The van der Waals surface area contributed by atoms with Gasteiger partial charge in [0.05, 0.1) is 16.3 Å². The van der Waals surface area contributed by atoms with E-state index in [4.69, 9.17) is 32.2 Å². The summed E-state index contributed by atoms with van der Waals surface area (Å²) in [6.07, 6.45) is 1.53. The maximum Gasteiger partial charge on any atom is 0.245 e. The molecule has 0 amide bonds. The minimum Gasteiger partial charge on any atom is -0.455 e. The molecule has 32 heavy (non-hydrogen) atoms. The molecule has 3 heterocycles. The fraction of sp³-hybridized carbons (Fsp3) is 0. The van der Waals surface area contributed by atoms with Gasteiger partial charge in [0.1, 0.15) is 11.5 Å². The predicted octanol–water partition coefficient (Wildman–Crippen LogP) is 5.77. The molecule has 0 spiro atoms. The van der Waals surface area contributed by atoms with Crippen molar-refractivity contribution in [3.63, 3.8) is 0 Å². The van der Waals surface area contributed by atoms with Gasteiger partial charge >= 0.3 is 0 Å². The van der Waals surface area contributed by atoms with E-state index in [2.05, 4.69) is 36.1 Å². The Morgan fingerprint density at radius 1 is 0.844 bits per heavy atom. The van der Waals surface area contributed by atoms with Crippen LogP contribution in [-0.2, 0) is 0 Å². The van der Waals surface area contributed by atoms with E-state index >= 15 is 0 Å². The molecule has 2 N–H and O–H groups in total. The summed E-state index contributed by atoms with van der Waals surface area (Å²) in [4.78, 5) is 8.72. The van der Waals surface area contributed by atoms with Gasteiger partial charge in [-0.25, -0.2) is 9.61 Å². The Labute approximate surface area is 191 Å². The third-order valence-corrected chi connectivity index (χ3v) is 5.08. The number of rotatable bonds is 6. The zero-order chi connectivity index (χ0) is 21.9. The lowest BCUT2D eigenvalue weighted by Gasteiger charge is -2.09. The molecule has 0 saturated heterocycles. The third-order valence-electron chi connectivity index (χ3n) is 4.34. The Hall–Kier alpha value is -3.95. The first kappa shape index (κ1) is 20.0. The van der Waals surface area contributed by atoms with Gasteiger partial charge in [-0.05, 0) is 40.6 Å². The predicted molar refractivity (Wildman–Crippen MR) is 122 cm³/mol. The first-order valence-corrected chi connectivity index (χ1v) is 10.1. The van der Waals surface area contributed by atoms with Crippen molar-refractivity contribution in [3.8, 4) is 11.3 Å². The Balaban J connectivity index is 1.39. The molecular formula is C21H13Cl2N7O2. The maximum atomic E-state index is 6.10. The molecule has 11 heteroatoms. The van der Waals surface area contributed by atoms with Crippen molar-refractivity contribution in [1.82, 2.24) is 20.3 Å². The van der Waals surface area contributed by atoms with E-state index in [0.717, 1.165) is 11.3 Å². The molecule has 0 aliphatic rings. The molecule has 0 bridgehead atoms. The van der Waals surface area contributed by atoms with E-state index in [9.17, 15) is 0 Å². The van der Waals surface area contributed by atoms with Gasteiger partial charge in [-0.1, -0.05) is 53.5 Å². The zero-order valence-corrected chi connectivity index (χ0v) is 17.7. The monoisotopic (exact) mass is 465 g/mol. The van der Waals surface area contributed by atoms with E-state index in [1.807, 2.05) is 42.5 Å². The molecule has 0 saturated carbocycles. The second-order valence-corrected chi connectivity index (χ2v) is 7.34. The van der Waals surface area contributed by atoms with Crippen LogP contribution in [0.2, 0.25) is 10.0 Å². The number of halogens is 2. The standard InChI is InChI=1S/C21H13Cl2N7O2/c22-15-8-6-13(10-16(15)23)25-18-19(27-21-20(26-18)29-32-30-21)28-24-11-14-7-9-17(31-14)12-4-2-1-3-5-12/h1-11H,(H,25,26,29)(H,27,28,30)/b24-11-. The van der Waals surface area contributed by atoms with Crippen molar-refractivity contribution >= 4 is 58.0 Å². The van der Waals surface area contributed by atoms with Crippen LogP contribution in [0, 0.1) is 0 Å². The lowest BCUT2D eigenvalue weighted by Crippen LogP contribution is -2.03. The molecule has 0 fully saturated rings. The van der Waals surface area contributed by atoms with Gasteiger partial charge in [0.25, 0.3) is 0 Å². The largest absolute Gasteiger partial charge is 0.455 e. The summed E-state index contributed by atoms with van der Waals surface area (Å²) in [7, 11) is 0. The number of hydrazone groups is 1. The van der Waals surface area contributed by atoms with E-state index < -0.39 is 0 Å². The highest BCUT2D eigenvalue weighted by molar-refractivity contribution is 6.42. The molecule has 5 aromatic rings. The second kappa shape index (κ2) is 8.66. The summed E-state index contributed by atoms with van der Waals surface area (Å²) >= 11 is 12.1. The van der Waals surface area contributed by atoms with Gasteiger partial charge in [-0.3, -0.25) is 5.43 Å². The Morgan fingerprint density at radius 2 is 1.62 bits per heavy atom. The lowest BCUT2D eigenvalue weighted by atomic mass is 10.2. The maximum absolute atomic E-state index is 6.10. The number of nitrogens with zero attached hydrogens (tertiary/aromatic N) is 5. The van der Waals surface area contributed by atoms with Gasteiger partial charge in [0.15, 0.2) is 11.6 Å². The van der Waals surface area contributed by atoms with Crippen LogP contribution in [0.3, 0.4) is 0 Å². The van der Waals surface area contributed by atoms with Crippen LogP contribution in [0.15, 0.2) is 74.8 Å². The summed E-state index contributed by atoms with van der Waals surface area (Å²) in [5, 5.41) is 15.6. The van der Waals surface area contributed by atoms with E-state index in [-0.39, 0.29) is 11.3 Å². The highest BCUT2D eigenvalue weighted by atomic mass is 35.5. The molecule has 0 aliphatic carbocycles. The van der Waals surface area contributed by atoms with Gasteiger partial charge in [0.2, 0.25) is 11.3 Å². The zero-order valence-electron chi connectivity index (χ0n) is 16.2. The fourth-order valence-corrected chi connectivity index (χ4v) is 3.15. The lowest BCUT2D eigenvalue weighted by molar-refractivity contribution is 0.314. The van der Waals surface area contributed by atoms with Gasteiger partial charge in [-0.2, -0.15) is 10.1 Å². The Kier molecular flexibility index (Phi) is 5.40. The van der Waals surface area contributed by atoms with E-state index in [1.165, 1.54) is 6.21 Å². The summed E-state index contributed by atoms with van der Waals surface area (Å²) in [6.45, 7) is 0. The topological polar surface area (TPSA) is 114 Å². The molecule has 5 rings (SSSR count). The molecule has 158 valence electrons. The minimum atomic E-state index is 0.228. The van der Waals surface area contributed by atoms with Crippen LogP contribution in [-0.4, -0.2) is 26.5 Å². The van der Waals surface area contributed by atoms with Crippen LogP contribution < -0.4 is 10.7 Å². The van der Waals surface area contributed by atoms with Gasteiger partial charge in [0, 0.05) is 11.3 Å². The van der Waals surface area contributed by atoms with Crippen LogP contribution in [0.25, 0.3) is 22.6 Å². The SMILES string of the molecule is Clc1ccc(Nc2nc3nonc3nc2N/N=C\c2ccc(-c3ccccc3)o2)cc1Cl. The van der Waals surface area contributed by atoms with E-state index in [0.29, 0.717) is 33.1 Å². The number of hydrogen-bond donors (Lipinski definition) is 2. The van der Waals surface area contributed by atoms with E-state index in [1.54, 1.807) is 18.2 Å². The number of anilines is 3. The molecule has 3 aromatic heterocycles. The van der Waals surface area contributed by atoms with Crippen molar-refractivity contribution in [2.75, 3.05) is 10.7 Å². The highest BCUT2D eigenvalue weighted by Gasteiger charge is 2.13. The average Bonchev–Trinajstić information content (AvgIpc) is 3.46. The quantitative estimate of drug-likeness (QED) is 0.240. The van der Waals surface area contributed by atoms with Gasteiger partial charge in [-0.15, -0.1) is 0 Å². The van der Waals surface area contributed by atoms with Crippen molar-refractivity contribution in [1.29, 1.82) is 0 Å². The van der Waals surface area contributed by atoms with Crippen molar-refractivity contribution in [3.05, 3.63) is 76.5 Å². The Morgan fingerprint density at radius 3 is 2.41 bits per heavy atom. The highest BCUT2D eigenvalue weighted by Crippen LogP contribution is 2.29. The number of nitrogens with one attached hydrogen (secondary N) is 2. The fourth-order valence-electron chi connectivity index (χ4n) is 2.85. The summed E-state index contributed by atoms with van der Waals surface area (Å²) in [6, 6.07) is 18.6. The molecule has 2 aromatic carbocycles. The smallest absolute Gasteiger partial charge is 0.245 e. The molecular weight excluding hydrogens is 453 g/mol. The normalized spacial score (nSPS) is 11.3. The van der Waals surface area contributed by atoms with Gasteiger partial charge < -0.3 is 9.73 Å². The first-order chi connectivity index (χ1) is 15.7. The van der Waals surface area contributed by atoms with Crippen LogP contribution in [0.5, 0.6) is 0 Å². The number of fused-ring (bicyclic) bond motifs is 1. The first-order valence-electron chi connectivity index (χ1n) is 9.32. The molecule has 0 atom stereocenters. The van der Waals surface area contributed by atoms with Crippen molar-refractivity contribution in [2.45, 2.75) is 0 Å². The van der Waals surface area contributed by atoms with Crippen LogP contribution in [0.4, 0.5) is 17.3 Å². The van der Waals surface area contributed by atoms with Crippen molar-refractivity contribution < 1.29 is 9.05 Å². The third kappa shape index (κ3) is 4.25. The molecule has 0 unspecified atom stereocenters.